The average molecular weight is 354 g/mol. The van der Waals surface area contributed by atoms with E-state index >= 15 is 0 Å². The number of allylic oxidation sites excluding steroid dienone is 2. The van der Waals surface area contributed by atoms with Crippen LogP contribution in [0.3, 0.4) is 0 Å². The van der Waals surface area contributed by atoms with Gasteiger partial charge >= 0.3 is 5.97 Å². The standard InChI is InChI=1S/C20H34O5/c1-2-3-4-5-6-10-16-17(19(23)14-18(16)22)13-12-15(21)9-7-8-11-20(24)25/h5-6,12-13,15-19,21-23H,2-4,7-11,14H2,1H3,(H,24,25)/b6-5-,13-12+/t15-,16-,17-,18+,19-/m1/s1. The van der Waals surface area contributed by atoms with E-state index < -0.39 is 24.3 Å². The van der Waals surface area contributed by atoms with Crippen molar-refractivity contribution in [3.8, 4) is 0 Å². The first kappa shape index (κ1) is 21.9. The van der Waals surface area contributed by atoms with Crippen LogP contribution in [0.4, 0.5) is 0 Å². The highest BCUT2D eigenvalue weighted by atomic mass is 16.4. The monoisotopic (exact) mass is 354 g/mol. The molecule has 0 spiro atoms. The number of unbranched alkanes of at least 4 members (excludes halogenated alkanes) is 3. The van der Waals surface area contributed by atoms with Crippen LogP contribution in [0.25, 0.3) is 0 Å². The molecule has 0 aromatic carbocycles. The lowest BCUT2D eigenvalue weighted by atomic mass is 9.89. The Labute approximate surface area is 151 Å². The maximum Gasteiger partial charge on any atom is 0.303 e. The van der Waals surface area contributed by atoms with Gasteiger partial charge in [-0.1, -0.05) is 44.1 Å². The molecule has 0 aromatic heterocycles. The Morgan fingerprint density at radius 1 is 1.16 bits per heavy atom. The summed E-state index contributed by atoms with van der Waals surface area (Å²) in [6.07, 6.45) is 12.3. The molecule has 0 unspecified atom stereocenters. The largest absolute Gasteiger partial charge is 0.481 e. The summed E-state index contributed by atoms with van der Waals surface area (Å²) in [4.78, 5) is 10.5. The summed E-state index contributed by atoms with van der Waals surface area (Å²) < 4.78 is 0. The van der Waals surface area contributed by atoms with Crippen LogP contribution in [0, 0.1) is 11.8 Å². The maximum absolute atomic E-state index is 10.5. The zero-order chi connectivity index (χ0) is 18.7. The topological polar surface area (TPSA) is 98.0 Å². The second-order valence-electron chi connectivity index (χ2n) is 7.05. The van der Waals surface area contributed by atoms with Crippen molar-refractivity contribution in [2.24, 2.45) is 11.8 Å². The number of hydrogen-bond acceptors (Lipinski definition) is 4. The van der Waals surface area contributed by atoms with Crippen molar-refractivity contribution >= 4 is 5.97 Å². The predicted octanol–water partition coefficient (Wildman–Crippen LogP) is 3.04. The van der Waals surface area contributed by atoms with Gasteiger partial charge in [-0.05, 0) is 38.0 Å². The number of carboxylic acid groups (broad SMARTS) is 1. The van der Waals surface area contributed by atoms with E-state index in [1.165, 1.54) is 0 Å². The fourth-order valence-electron chi connectivity index (χ4n) is 3.38. The van der Waals surface area contributed by atoms with E-state index in [1.807, 2.05) is 6.08 Å². The first-order chi connectivity index (χ1) is 12.0. The van der Waals surface area contributed by atoms with Crippen LogP contribution in [0.15, 0.2) is 24.3 Å². The highest BCUT2D eigenvalue weighted by molar-refractivity contribution is 5.66. The Morgan fingerprint density at radius 3 is 2.60 bits per heavy atom. The second kappa shape index (κ2) is 12.2. The molecule has 4 N–H and O–H groups in total. The van der Waals surface area contributed by atoms with Gasteiger partial charge < -0.3 is 20.4 Å². The van der Waals surface area contributed by atoms with Crippen LogP contribution >= 0.6 is 0 Å². The van der Waals surface area contributed by atoms with Crippen molar-refractivity contribution in [2.45, 2.75) is 83.0 Å². The Morgan fingerprint density at radius 2 is 1.92 bits per heavy atom. The van der Waals surface area contributed by atoms with Gasteiger partial charge in [0.1, 0.15) is 0 Å². The number of carbonyl (C=O) groups is 1. The summed E-state index contributed by atoms with van der Waals surface area (Å²) in [6.45, 7) is 2.15. The summed E-state index contributed by atoms with van der Waals surface area (Å²) in [7, 11) is 0. The Kier molecular flexibility index (Phi) is 10.7. The van der Waals surface area contributed by atoms with Gasteiger partial charge in [0.15, 0.2) is 0 Å². The average Bonchev–Trinajstić information content (AvgIpc) is 2.82. The second-order valence-corrected chi connectivity index (χ2v) is 7.05. The van der Waals surface area contributed by atoms with Crippen LogP contribution in [-0.2, 0) is 4.79 Å². The van der Waals surface area contributed by atoms with Crippen molar-refractivity contribution in [3.63, 3.8) is 0 Å². The molecule has 5 atom stereocenters. The summed E-state index contributed by atoms with van der Waals surface area (Å²) >= 11 is 0. The van der Waals surface area contributed by atoms with Crippen molar-refractivity contribution < 1.29 is 25.2 Å². The van der Waals surface area contributed by atoms with Gasteiger partial charge in [-0.2, -0.15) is 0 Å². The molecule has 1 aliphatic carbocycles. The molecule has 0 saturated heterocycles. The Bertz CT molecular complexity index is 432. The lowest BCUT2D eigenvalue weighted by Gasteiger charge is -2.19. The quantitative estimate of drug-likeness (QED) is 0.319. The fraction of sp³-hybridized carbons (Fsp3) is 0.750. The Hall–Kier alpha value is -1.17. The van der Waals surface area contributed by atoms with Crippen molar-refractivity contribution in [1.82, 2.24) is 0 Å². The van der Waals surface area contributed by atoms with Gasteiger partial charge in [0.05, 0.1) is 18.3 Å². The summed E-state index contributed by atoms with van der Waals surface area (Å²) in [5.74, 6) is -0.995. The van der Waals surface area contributed by atoms with Crippen LogP contribution in [0.2, 0.25) is 0 Å². The molecule has 1 aliphatic rings. The van der Waals surface area contributed by atoms with E-state index in [2.05, 4.69) is 19.1 Å². The molecule has 0 bridgehead atoms. The molecule has 5 nitrogen and oxygen atoms in total. The lowest BCUT2D eigenvalue weighted by molar-refractivity contribution is -0.137. The smallest absolute Gasteiger partial charge is 0.303 e. The number of rotatable bonds is 12. The molecule has 0 radical (unpaired) electrons. The highest BCUT2D eigenvalue weighted by Crippen LogP contribution is 2.36. The van der Waals surface area contributed by atoms with E-state index in [9.17, 15) is 20.1 Å². The van der Waals surface area contributed by atoms with Gasteiger partial charge in [0, 0.05) is 18.8 Å². The Balaban J connectivity index is 2.45. The van der Waals surface area contributed by atoms with E-state index in [0.717, 1.165) is 25.7 Å². The molecular weight excluding hydrogens is 320 g/mol. The third kappa shape index (κ3) is 8.66. The zero-order valence-corrected chi connectivity index (χ0v) is 15.3. The fourth-order valence-corrected chi connectivity index (χ4v) is 3.38. The van der Waals surface area contributed by atoms with E-state index in [0.29, 0.717) is 25.7 Å². The normalized spacial score (nSPS) is 28.2. The molecular formula is C20H34O5. The minimum atomic E-state index is -0.817. The van der Waals surface area contributed by atoms with Crippen molar-refractivity contribution in [1.29, 1.82) is 0 Å². The molecule has 1 fully saturated rings. The molecule has 5 heteroatoms. The number of aliphatic hydroxyl groups is 3. The first-order valence-corrected chi connectivity index (χ1v) is 9.55. The summed E-state index contributed by atoms with van der Waals surface area (Å²) in [6, 6.07) is 0. The molecule has 25 heavy (non-hydrogen) atoms. The number of carboxylic acids is 1. The van der Waals surface area contributed by atoms with Crippen molar-refractivity contribution in [2.75, 3.05) is 0 Å². The van der Waals surface area contributed by atoms with Gasteiger partial charge in [-0.3, -0.25) is 4.79 Å². The van der Waals surface area contributed by atoms with E-state index in [-0.39, 0.29) is 18.3 Å². The molecule has 0 aromatic rings. The first-order valence-electron chi connectivity index (χ1n) is 9.55. The summed E-state index contributed by atoms with van der Waals surface area (Å²) in [5, 5.41) is 38.9. The SMILES string of the molecule is CCCC/C=C\C[C@@H]1[C@@H](/C=C/[C@H](O)CCCCC(=O)O)[C@H](O)C[C@@H]1O. The molecule has 0 heterocycles. The lowest BCUT2D eigenvalue weighted by Crippen LogP contribution is -2.20. The molecule has 1 rings (SSSR count). The third-order valence-electron chi connectivity index (χ3n) is 4.91. The highest BCUT2D eigenvalue weighted by Gasteiger charge is 2.39. The molecule has 1 saturated carbocycles. The van der Waals surface area contributed by atoms with Crippen LogP contribution in [0.5, 0.6) is 0 Å². The maximum atomic E-state index is 10.5. The van der Waals surface area contributed by atoms with Gasteiger partial charge in [0.25, 0.3) is 0 Å². The molecule has 0 amide bonds. The van der Waals surface area contributed by atoms with Crippen LogP contribution in [-0.4, -0.2) is 44.7 Å². The zero-order valence-electron chi connectivity index (χ0n) is 15.3. The third-order valence-corrected chi connectivity index (χ3v) is 4.91. The van der Waals surface area contributed by atoms with Crippen molar-refractivity contribution in [3.05, 3.63) is 24.3 Å². The van der Waals surface area contributed by atoms with Gasteiger partial charge in [-0.25, -0.2) is 0 Å². The minimum Gasteiger partial charge on any atom is -0.481 e. The van der Waals surface area contributed by atoms with Gasteiger partial charge in [0.2, 0.25) is 0 Å². The number of aliphatic carboxylic acids is 1. The minimum absolute atomic E-state index is 0.0247. The van der Waals surface area contributed by atoms with E-state index in [1.54, 1.807) is 6.08 Å². The van der Waals surface area contributed by atoms with Crippen LogP contribution in [0.1, 0.15) is 64.7 Å². The number of aliphatic hydroxyl groups excluding tert-OH is 3. The van der Waals surface area contributed by atoms with Gasteiger partial charge in [-0.15, -0.1) is 0 Å². The van der Waals surface area contributed by atoms with E-state index in [4.69, 9.17) is 5.11 Å². The molecule has 0 aliphatic heterocycles. The van der Waals surface area contributed by atoms with Crippen LogP contribution < -0.4 is 0 Å². The summed E-state index contributed by atoms with van der Waals surface area (Å²) in [5.41, 5.74) is 0. The molecule has 144 valence electrons. The number of hydrogen-bond donors (Lipinski definition) is 4. The predicted molar refractivity (Wildman–Crippen MR) is 98.1 cm³/mol.